The normalized spacial score (nSPS) is 21.2. The third kappa shape index (κ3) is 5.74. The lowest BCUT2D eigenvalue weighted by molar-refractivity contribution is -0.145. The average Bonchev–Trinajstić information content (AvgIpc) is 2.52. The van der Waals surface area contributed by atoms with E-state index in [4.69, 9.17) is 9.84 Å². The molecule has 0 spiro atoms. The van der Waals surface area contributed by atoms with Gasteiger partial charge in [0.15, 0.2) is 0 Å². The van der Waals surface area contributed by atoms with E-state index in [1.54, 1.807) is 4.90 Å². The average molecular weight is 316 g/mol. The van der Waals surface area contributed by atoms with Gasteiger partial charge in [-0.05, 0) is 43.1 Å². The van der Waals surface area contributed by atoms with Crippen molar-refractivity contribution in [3.05, 3.63) is 0 Å². The zero-order chi connectivity index (χ0) is 15.1. The van der Waals surface area contributed by atoms with Gasteiger partial charge in [-0.15, -0.1) is 0 Å². The quantitative estimate of drug-likeness (QED) is 0.801. The van der Waals surface area contributed by atoms with Gasteiger partial charge in [0.05, 0.1) is 6.10 Å². The Morgan fingerprint density at radius 3 is 2.48 bits per heavy atom. The fourth-order valence-corrected chi connectivity index (χ4v) is 3.91. The molecule has 21 heavy (non-hydrogen) atoms. The van der Waals surface area contributed by atoms with Crippen molar-refractivity contribution in [3.8, 4) is 0 Å². The van der Waals surface area contributed by atoms with Gasteiger partial charge in [-0.2, -0.15) is 11.8 Å². The number of carbonyl (C=O) groups is 2. The summed E-state index contributed by atoms with van der Waals surface area (Å²) in [4.78, 5) is 24.3. The number of urea groups is 1. The topological polar surface area (TPSA) is 78.9 Å². The van der Waals surface area contributed by atoms with Crippen LogP contribution in [-0.2, 0) is 9.53 Å². The summed E-state index contributed by atoms with van der Waals surface area (Å²) in [6.45, 7) is 1.79. The number of nitrogens with one attached hydrogen (secondary N) is 1. The maximum absolute atomic E-state index is 12.1. The molecule has 0 aromatic heterocycles. The number of ether oxygens (including phenoxy) is 1. The maximum atomic E-state index is 12.1. The predicted octanol–water partition coefficient (Wildman–Crippen LogP) is 1.40. The van der Waals surface area contributed by atoms with Crippen molar-refractivity contribution in [1.29, 1.82) is 0 Å². The van der Waals surface area contributed by atoms with Gasteiger partial charge >= 0.3 is 12.0 Å². The molecule has 2 N–H and O–H groups in total. The number of piperidine rings is 1. The molecule has 0 unspecified atom stereocenters. The summed E-state index contributed by atoms with van der Waals surface area (Å²) >= 11 is 1.99. The molecule has 0 aromatic carbocycles. The Morgan fingerprint density at radius 2 is 1.86 bits per heavy atom. The fraction of sp³-hybridized carbons (Fsp3) is 0.857. The van der Waals surface area contributed by atoms with Crippen molar-refractivity contribution >= 4 is 23.8 Å². The standard InChI is InChI=1S/C14H24N2O4S/c17-13(18)10-20-12-1-5-16(6-2-12)14(19)15-9-11-3-7-21-8-4-11/h11-12H,1-10H2,(H,15,19)(H,17,18). The summed E-state index contributed by atoms with van der Waals surface area (Å²) in [6.07, 6.45) is 3.76. The molecule has 2 fully saturated rings. The minimum Gasteiger partial charge on any atom is -0.480 e. The number of carbonyl (C=O) groups excluding carboxylic acids is 1. The highest BCUT2D eigenvalue weighted by atomic mass is 32.2. The Labute approximate surface area is 129 Å². The maximum Gasteiger partial charge on any atom is 0.329 e. The second-order valence-corrected chi connectivity index (χ2v) is 6.86. The molecule has 2 aliphatic rings. The molecule has 120 valence electrons. The van der Waals surface area contributed by atoms with Crippen LogP contribution in [0.1, 0.15) is 25.7 Å². The summed E-state index contributed by atoms with van der Waals surface area (Å²) in [6, 6.07) is 0.00455. The van der Waals surface area contributed by atoms with Gasteiger partial charge in [0.2, 0.25) is 0 Å². The largest absolute Gasteiger partial charge is 0.480 e. The molecule has 0 atom stereocenters. The second kappa shape index (κ2) is 8.48. The first kappa shape index (κ1) is 16.4. The molecule has 0 aliphatic carbocycles. The van der Waals surface area contributed by atoms with E-state index >= 15 is 0 Å². The molecule has 0 radical (unpaired) electrons. The number of carboxylic acid groups (broad SMARTS) is 1. The first-order valence-corrected chi connectivity index (χ1v) is 8.74. The summed E-state index contributed by atoms with van der Waals surface area (Å²) in [5.74, 6) is 2.08. The molecule has 2 rings (SSSR count). The summed E-state index contributed by atoms with van der Waals surface area (Å²) in [5, 5.41) is 11.6. The van der Waals surface area contributed by atoms with Gasteiger partial charge in [-0.3, -0.25) is 0 Å². The molecule has 7 heteroatoms. The van der Waals surface area contributed by atoms with Crippen molar-refractivity contribution < 1.29 is 19.4 Å². The highest BCUT2D eigenvalue weighted by Gasteiger charge is 2.24. The molecule has 2 amide bonds. The van der Waals surface area contributed by atoms with Crippen LogP contribution in [0.2, 0.25) is 0 Å². The number of aliphatic carboxylic acids is 1. The van der Waals surface area contributed by atoms with Crippen molar-refractivity contribution in [1.82, 2.24) is 10.2 Å². The molecule has 0 bridgehead atoms. The monoisotopic (exact) mass is 316 g/mol. The zero-order valence-corrected chi connectivity index (χ0v) is 13.1. The number of carboxylic acids is 1. The lowest BCUT2D eigenvalue weighted by atomic mass is 10.0. The zero-order valence-electron chi connectivity index (χ0n) is 12.3. The van der Waals surface area contributed by atoms with Gasteiger partial charge in [0.1, 0.15) is 6.61 Å². The van der Waals surface area contributed by atoms with E-state index in [-0.39, 0.29) is 18.7 Å². The van der Waals surface area contributed by atoms with Crippen LogP contribution >= 0.6 is 11.8 Å². The molecule has 0 aromatic rings. The third-order valence-electron chi connectivity index (χ3n) is 4.05. The predicted molar refractivity (Wildman–Crippen MR) is 81.6 cm³/mol. The number of hydrogen-bond donors (Lipinski definition) is 2. The van der Waals surface area contributed by atoms with Crippen LogP contribution in [0.15, 0.2) is 0 Å². The molecule has 2 saturated heterocycles. The second-order valence-electron chi connectivity index (χ2n) is 5.63. The first-order chi connectivity index (χ1) is 10.1. The molecular formula is C14H24N2O4S. The number of thioether (sulfide) groups is 1. The Bertz CT molecular complexity index is 353. The van der Waals surface area contributed by atoms with Gasteiger partial charge in [0.25, 0.3) is 0 Å². The van der Waals surface area contributed by atoms with Crippen LogP contribution in [0.4, 0.5) is 4.79 Å². The van der Waals surface area contributed by atoms with E-state index in [1.165, 1.54) is 24.3 Å². The SMILES string of the molecule is O=C(O)COC1CCN(C(=O)NCC2CCSCC2)CC1. The Hall–Kier alpha value is -0.950. The highest BCUT2D eigenvalue weighted by Crippen LogP contribution is 2.22. The van der Waals surface area contributed by atoms with E-state index in [9.17, 15) is 9.59 Å². The van der Waals surface area contributed by atoms with E-state index in [0.717, 1.165) is 6.54 Å². The fourth-order valence-electron chi connectivity index (χ4n) is 2.71. The number of rotatable bonds is 5. The summed E-state index contributed by atoms with van der Waals surface area (Å²) in [5.41, 5.74) is 0. The van der Waals surface area contributed by atoms with Crippen molar-refractivity contribution in [2.45, 2.75) is 31.8 Å². The van der Waals surface area contributed by atoms with Gasteiger partial charge < -0.3 is 20.1 Å². The Balaban J connectivity index is 1.62. The highest BCUT2D eigenvalue weighted by molar-refractivity contribution is 7.99. The smallest absolute Gasteiger partial charge is 0.329 e. The van der Waals surface area contributed by atoms with E-state index in [0.29, 0.717) is 31.8 Å². The Morgan fingerprint density at radius 1 is 1.19 bits per heavy atom. The van der Waals surface area contributed by atoms with Crippen LogP contribution < -0.4 is 5.32 Å². The van der Waals surface area contributed by atoms with Crippen LogP contribution in [0.3, 0.4) is 0 Å². The molecule has 6 nitrogen and oxygen atoms in total. The van der Waals surface area contributed by atoms with Crippen LogP contribution in [0.25, 0.3) is 0 Å². The lowest BCUT2D eigenvalue weighted by Gasteiger charge is -2.32. The van der Waals surface area contributed by atoms with E-state index in [1.807, 2.05) is 11.8 Å². The van der Waals surface area contributed by atoms with Crippen LogP contribution in [-0.4, -0.2) is 65.9 Å². The van der Waals surface area contributed by atoms with Crippen molar-refractivity contribution in [2.75, 3.05) is 37.7 Å². The molecule has 2 aliphatic heterocycles. The Kier molecular flexibility index (Phi) is 6.63. The molecule has 2 heterocycles. The molecular weight excluding hydrogens is 292 g/mol. The van der Waals surface area contributed by atoms with Gasteiger partial charge in [-0.1, -0.05) is 0 Å². The van der Waals surface area contributed by atoms with Crippen LogP contribution in [0.5, 0.6) is 0 Å². The van der Waals surface area contributed by atoms with Crippen molar-refractivity contribution in [2.24, 2.45) is 5.92 Å². The number of hydrogen-bond acceptors (Lipinski definition) is 4. The lowest BCUT2D eigenvalue weighted by Crippen LogP contribution is -2.47. The first-order valence-electron chi connectivity index (χ1n) is 7.59. The summed E-state index contributed by atoms with van der Waals surface area (Å²) in [7, 11) is 0. The minimum absolute atomic E-state index is 0.00455. The van der Waals surface area contributed by atoms with Crippen molar-refractivity contribution in [3.63, 3.8) is 0 Å². The van der Waals surface area contributed by atoms with E-state index in [2.05, 4.69) is 5.32 Å². The van der Waals surface area contributed by atoms with Crippen LogP contribution in [0, 0.1) is 5.92 Å². The number of likely N-dealkylation sites (tertiary alicyclic amines) is 1. The third-order valence-corrected chi connectivity index (χ3v) is 5.10. The number of amides is 2. The minimum atomic E-state index is -0.944. The summed E-state index contributed by atoms with van der Waals surface area (Å²) < 4.78 is 5.27. The van der Waals surface area contributed by atoms with E-state index < -0.39 is 5.97 Å². The number of nitrogens with zero attached hydrogens (tertiary/aromatic N) is 1. The molecule has 0 saturated carbocycles. The van der Waals surface area contributed by atoms with Gasteiger partial charge in [-0.25, -0.2) is 9.59 Å². The van der Waals surface area contributed by atoms with Gasteiger partial charge in [0, 0.05) is 19.6 Å².